The van der Waals surface area contributed by atoms with E-state index in [1.807, 2.05) is 72.8 Å². The number of nitro benzene ring substituents is 2. The Morgan fingerprint density at radius 1 is 0.784 bits per heavy atom. The van der Waals surface area contributed by atoms with Gasteiger partial charge in [0.15, 0.2) is 0 Å². The predicted octanol–water partition coefficient (Wildman–Crippen LogP) is 6.28. The van der Waals surface area contributed by atoms with Crippen molar-refractivity contribution in [2.75, 3.05) is 12.5 Å². The number of methoxy groups -OCH3 is 1. The third-order valence-corrected chi connectivity index (χ3v) is 6.06. The van der Waals surface area contributed by atoms with Crippen LogP contribution in [-0.2, 0) is 0 Å². The molecule has 0 atom stereocenters. The van der Waals surface area contributed by atoms with E-state index in [9.17, 15) is 20.2 Å². The predicted molar refractivity (Wildman–Crippen MR) is 142 cm³/mol. The van der Waals surface area contributed by atoms with Gasteiger partial charge in [-0.2, -0.15) is 5.10 Å². The number of para-hydroxylation sites is 1. The van der Waals surface area contributed by atoms with Crippen LogP contribution < -0.4 is 10.2 Å². The number of non-ortho nitro benzene ring substituents is 1. The van der Waals surface area contributed by atoms with Crippen LogP contribution >= 0.6 is 0 Å². The summed E-state index contributed by atoms with van der Waals surface area (Å²) in [4.78, 5) is 21.3. The lowest BCUT2D eigenvalue weighted by Gasteiger charge is -2.24. The molecule has 0 heterocycles. The smallest absolute Gasteiger partial charge is 0.301 e. The summed E-state index contributed by atoms with van der Waals surface area (Å²) in [5, 5.41) is 27.3. The lowest BCUT2D eigenvalue weighted by atomic mass is 9.80. The van der Waals surface area contributed by atoms with E-state index < -0.39 is 15.5 Å². The first-order valence-electron chi connectivity index (χ1n) is 11.3. The van der Waals surface area contributed by atoms with Crippen LogP contribution in [0.15, 0.2) is 96.1 Å². The minimum absolute atomic E-state index is 0.0495. The van der Waals surface area contributed by atoms with Gasteiger partial charge in [-0.15, -0.1) is 0 Å². The molecule has 0 saturated carbocycles. The number of rotatable bonds is 6. The van der Waals surface area contributed by atoms with Crippen molar-refractivity contribution in [3.05, 3.63) is 139 Å². The normalized spacial score (nSPS) is 11.7. The van der Waals surface area contributed by atoms with Crippen LogP contribution in [0.5, 0.6) is 5.75 Å². The lowest BCUT2D eigenvalue weighted by molar-refractivity contribution is -0.393. The SMILES string of the molecule is COc1ccccc1C=C1c2ccccc2C(=NNc2ccc([N+](=O)[O-])cc2[N+](=O)[O-])c2ccccc21. The molecule has 0 spiro atoms. The zero-order chi connectivity index (χ0) is 25.9. The van der Waals surface area contributed by atoms with E-state index in [0.29, 0.717) is 5.71 Å². The average Bonchev–Trinajstić information content (AvgIpc) is 2.92. The number of hydrogen-bond donors (Lipinski definition) is 1. The molecule has 0 saturated heterocycles. The maximum absolute atomic E-state index is 11.6. The Bertz CT molecular complexity index is 1560. The van der Waals surface area contributed by atoms with Gasteiger partial charge in [-0.05, 0) is 34.9 Å². The first-order chi connectivity index (χ1) is 18.0. The van der Waals surface area contributed by atoms with Crippen molar-refractivity contribution in [3.63, 3.8) is 0 Å². The third kappa shape index (κ3) is 4.41. The number of hydrogen-bond acceptors (Lipinski definition) is 7. The van der Waals surface area contributed by atoms with Gasteiger partial charge < -0.3 is 4.74 Å². The molecule has 9 nitrogen and oxygen atoms in total. The van der Waals surface area contributed by atoms with Crippen molar-refractivity contribution < 1.29 is 14.6 Å². The summed E-state index contributed by atoms with van der Waals surface area (Å²) in [5.41, 5.74) is 8.05. The van der Waals surface area contributed by atoms with Crippen LogP contribution in [0, 0.1) is 20.2 Å². The van der Waals surface area contributed by atoms with Gasteiger partial charge in [-0.3, -0.25) is 25.7 Å². The van der Waals surface area contributed by atoms with Gasteiger partial charge in [0.2, 0.25) is 0 Å². The van der Waals surface area contributed by atoms with Gasteiger partial charge >= 0.3 is 5.69 Å². The Kier molecular flexibility index (Phi) is 6.17. The molecule has 4 aromatic rings. The second kappa shape index (κ2) is 9.74. The van der Waals surface area contributed by atoms with Crippen molar-refractivity contribution in [1.29, 1.82) is 0 Å². The van der Waals surface area contributed by atoms with Crippen LogP contribution in [0.4, 0.5) is 17.1 Å². The molecule has 37 heavy (non-hydrogen) atoms. The largest absolute Gasteiger partial charge is 0.496 e. The van der Waals surface area contributed by atoms with Crippen molar-refractivity contribution >= 4 is 34.4 Å². The molecule has 4 aromatic carbocycles. The number of nitrogens with one attached hydrogen (secondary N) is 1. The molecule has 9 heteroatoms. The molecule has 1 aliphatic rings. The van der Waals surface area contributed by atoms with Crippen molar-refractivity contribution in [2.24, 2.45) is 5.10 Å². The number of nitrogens with zero attached hydrogens (tertiary/aromatic N) is 3. The minimum Gasteiger partial charge on any atom is -0.496 e. The van der Waals surface area contributed by atoms with Crippen LogP contribution in [0.3, 0.4) is 0 Å². The van der Waals surface area contributed by atoms with E-state index in [2.05, 4.69) is 16.6 Å². The molecule has 0 aliphatic heterocycles. The number of ether oxygens (including phenoxy) is 1. The molecule has 182 valence electrons. The Morgan fingerprint density at radius 3 is 1.97 bits per heavy atom. The van der Waals surface area contributed by atoms with Crippen LogP contribution in [0.1, 0.15) is 27.8 Å². The summed E-state index contributed by atoms with van der Waals surface area (Å²) in [7, 11) is 1.63. The quantitative estimate of drug-likeness (QED) is 0.220. The maximum Gasteiger partial charge on any atom is 0.301 e. The standard InChI is InChI=1S/C28H20N4O5/c1-37-27-13-7-2-8-18(27)16-24-20-9-3-5-11-22(20)28(23-12-6-4-10-21(23)24)30-29-25-15-14-19(31(33)34)17-26(25)32(35)36/h2-17,29H,1H3. The first kappa shape index (κ1) is 23.4. The molecule has 0 bridgehead atoms. The molecule has 1 N–H and O–H groups in total. The molecular formula is C28H20N4O5. The van der Waals surface area contributed by atoms with Gasteiger partial charge in [0.05, 0.1) is 28.7 Å². The Balaban J connectivity index is 1.65. The number of anilines is 1. The average molecular weight is 492 g/mol. The molecule has 5 rings (SSSR count). The molecule has 0 unspecified atom stereocenters. The molecule has 0 aromatic heterocycles. The van der Waals surface area contributed by atoms with Crippen LogP contribution in [-0.4, -0.2) is 22.7 Å². The van der Waals surface area contributed by atoms with E-state index in [1.54, 1.807) is 7.11 Å². The second-order valence-electron chi connectivity index (χ2n) is 8.18. The van der Waals surface area contributed by atoms with Gasteiger partial charge in [0.1, 0.15) is 11.4 Å². The van der Waals surface area contributed by atoms with Crippen molar-refractivity contribution in [2.45, 2.75) is 0 Å². The highest BCUT2D eigenvalue weighted by atomic mass is 16.6. The Morgan fingerprint density at radius 2 is 1.38 bits per heavy atom. The number of hydrazone groups is 1. The topological polar surface area (TPSA) is 120 Å². The summed E-state index contributed by atoms with van der Waals surface area (Å²) in [6.07, 6.45) is 2.07. The zero-order valence-electron chi connectivity index (χ0n) is 19.6. The highest BCUT2D eigenvalue weighted by Gasteiger charge is 2.26. The second-order valence-corrected chi connectivity index (χ2v) is 8.18. The monoisotopic (exact) mass is 492 g/mol. The van der Waals surface area contributed by atoms with E-state index in [0.717, 1.165) is 45.2 Å². The fourth-order valence-electron chi connectivity index (χ4n) is 4.35. The molecule has 0 fully saturated rings. The van der Waals surface area contributed by atoms with Gasteiger partial charge in [0.25, 0.3) is 5.69 Å². The zero-order valence-corrected chi connectivity index (χ0v) is 19.6. The van der Waals surface area contributed by atoms with Crippen LogP contribution in [0.25, 0.3) is 11.6 Å². The Hall–Kier alpha value is -5.31. The minimum atomic E-state index is -0.675. The summed E-state index contributed by atoms with van der Waals surface area (Å²) >= 11 is 0. The summed E-state index contributed by atoms with van der Waals surface area (Å²) in [6, 6.07) is 26.7. The molecule has 0 radical (unpaired) electrons. The van der Waals surface area contributed by atoms with Crippen molar-refractivity contribution in [3.8, 4) is 5.75 Å². The fraction of sp³-hybridized carbons (Fsp3) is 0.0357. The third-order valence-electron chi connectivity index (χ3n) is 6.06. The molecule has 0 amide bonds. The van der Waals surface area contributed by atoms with Gasteiger partial charge in [-0.1, -0.05) is 66.7 Å². The number of nitro groups is 2. The van der Waals surface area contributed by atoms with E-state index in [1.165, 1.54) is 12.1 Å². The van der Waals surface area contributed by atoms with E-state index in [-0.39, 0.29) is 11.4 Å². The van der Waals surface area contributed by atoms with Crippen molar-refractivity contribution in [1.82, 2.24) is 0 Å². The van der Waals surface area contributed by atoms with Gasteiger partial charge in [0, 0.05) is 22.8 Å². The molecule has 1 aliphatic carbocycles. The Labute approximate surface area is 211 Å². The lowest BCUT2D eigenvalue weighted by Crippen LogP contribution is -2.17. The van der Waals surface area contributed by atoms with E-state index in [4.69, 9.17) is 4.74 Å². The maximum atomic E-state index is 11.6. The number of benzene rings is 4. The highest BCUT2D eigenvalue weighted by Crippen LogP contribution is 2.39. The number of fused-ring (bicyclic) bond motifs is 2. The summed E-state index contributed by atoms with van der Waals surface area (Å²) in [5.74, 6) is 0.747. The summed E-state index contributed by atoms with van der Waals surface area (Å²) in [6.45, 7) is 0. The molecular weight excluding hydrogens is 472 g/mol. The highest BCUT2D eigenvalue weighted by molar-refractivity contribution is 6.23. The van der Waals surface area contributed by atoms with Crippen LogP contribution in [0.2, 0.25) is 0 Å². The fourth-order valence-corrected chi connectivity index (χ4v) is 4.35. The summed E-state index contributed by atoms with van der Waals surface area (Å²) < 4.78 is 5.55. The first-order valence-corrected chi connectivity index (χ1v) is 11.3. The van der Waals surface area contributed by atoms with Gasteiger partial charge in [-0.25, -0.2) is 0 Å². The van der Waals surface area contributed by atoms with E-state index >= 15 is 0 Å².